The summed E-state index contributed by atoms with van der Waals surface area (Å²) in [6.07, 6.45) is 0.822. The molecule has 0 aliphatic heterocycles. The van der Waals surface area contributed by atoms with Crippen LogP contribution in [0.15, 0.2) is 12.1 Å². The highest BCUT2D eigenvalue weighted by Gasteiger charge is 2.10. The Morgan fingerprint density at radius 3 is 2.78 bits per heavy atom. The van der Waals surface area contributed by atoms with Crippen LogP contribution in [0.3, 0.4) is 0 Å². The Morgan fingerprint density at radius 1 is 1.33 bits per heavy atom. The topological polar surface area (TPSA) is 57.0 Å². The zero-order valence-electron chi connectivity index (χ0n) is 10.9. The van der Waals surface area contributed by atoms with E-state index in [4.69, 9.17) is 4.74 Å². The van der Waals surface area contributed by atoms with Gasteiger partial charge >= 0.3 is 5.97 Å². The summed E-state index contributed by atoms with van der Waals surface area (Å²) in [6, 6.07) is 3.98. The summed E-state index contributed by atoms with van der Waals surface area (Å²) in [5.41, 5.74) is 4.00. The molecule has 0 N–H and O–H groups in total. The molecule has 0 aliphatic rings. The van der Waals surface area contributed by atoms with E-state index in [0.717, 1.165) is 23.0 Å². The molecule has 1 aromatic carbocycles. The molecule has 0 saturated heterocycles. The summed E-state index contributed by atoms with van der Waals surface area (Å²) in [5.74, 6) is -0.276. The van der Waals surface area contributed by atoms with E-state index in [-0.39, 0.29) is 12.5 Å². The highest BCUT2D eigenvalue weighted by Crippen LogP contribution is 2.17. The van der Waals surface area contributed by atoms with Crippen molar-refractivity contribution in [2.75, 3.05) is 6.61 Å². The first kappa shape index (κ1) is 12.5. The lowest BCUT2D eigenvalue weighted by Crippen LogP contribution is -2.15. The summed E-state index contributed by atoms with van der Waals surface area (Å²) in [5, 5.41) is 8.05. The monoisotopic (exact) mass is 247 g/mol. The van der Waals surface area contributed by atoms with E-state index in [1.54, 1.807) is 4.68 Å². The fourth-order valence-electron chi connectivity index (χ4n) is 1.72. The van der Waals surface area contributed by atoms with Crippen LogP contribution in [-0.4, -0.2) is 27.6 Å². The first-order valence-corrected chi connectivity index (χ1v) is 6.08. The van der Waals surface area contributed by atoms with Crippen molar-refractivity contribution in [1.82, 2.24) is 15.0 Å². The number of nitrogens with zero attached hydrogens (tertiary/aromatic N) is 3. The highest BCUT2D eigenvalue weighted by atomic mass is 16.5. The van der Waals surface area contributed by atoms with Crippen LogP contribution in [0.4, 0.5) is 0 Å². The molecule has 0 unspecified atom stereocenters. The largest absolute Gasteiger partial charge is 0.464 e. The van der Waals surface area contributed by atoms with E-state index in [2.05, 4.69) is 10.3 Å². The number of rotatable bonds is 4. The van der Waals surface area contributed by atoms with Gasteiger partial charge in [-0.05, 0) is 43.5 Å². The van der Waals surface area contributed by atoms with Gasteiger partial charge in [-0.15, -0.1) is 5.10 Å². The average molecular weight is 247 g/mol. The van der Waals surface area contributed by atoms with E-state index < -0.39 is 0 Å². The van der Waals surface area contributed by atoms with Crippen molar-refractivity contribution in [3.05, 3.63) is 23.3 Å². The predicted octanol–water partition coefficient (Wildman–Crippen LogP) is 2.00. The molecule has 0 aliphatic carbocycles. The summed E-state index contributed by atoms with van der Waals surface area (Å²) in [4.78, 5) is 11.6. The molecule has 0 radical (unpaired) electrons. The molecule has 5 heteroatoms. The molecule has 1 heterocycles. The summed E-state index contributed by atoms with van der Waals surface area (Å²) < 4.78 is 6.62. The number of hydrogen-bond acceptors (Lipinski definition) is 4. The second-order valence-corrected chi connectivity index (χ2v) is 4.39. The van der Waals surface area contributed by atoms with Crippen molar-refractivity contribution in [3.8, 4) is 0 Å². The number of carbonyl (C=O) groups is 1. The molecule has 5 nitrogen and oxygen atoms in total. The van der Waals surface area contributed by atoms with Gasteiger partial charge in [0.1, 0.15) is 12.1 Å². The number of fused-ring (bicyclic) bond motifs is 1. The van der Waals surface area contributed by atoms with E-state index in [1.807, 2.05) is 32.9 Å². The fourth-order valence-corrected chi connectivity index (χ4v) is 1.72. The molecule has 0 fully saturated rings. The molecular weight excluding hydrogens is 230 g/mol. The molecule has 2 rings (SSSR count). The number of esters is 1. The molecule has 2 aromatic rings. The molecule has 18 heavy (non-hydrogen) atoms. The maximum Gasteiger partial charge on any atom is 0.327 e. The number of carbonyl (C=O) groups excluding carboxylic acids is 1. The van der Waals surface area contributed by atoms with Crippen molar-refractivity contribution >= 4 is 17.0 Å². The first-order chi connectivity index (χ1) is 8.61. The van der Waals surface area contributed by atoms with Crippen LogP contribution >= 0.6 is 0 Å². The molecule has 0 spiro atoms. The first-order valence-electron chi connectivity index (χ1n) is 6.08. The average Bonchev–Trinajstić information content (AvgIpc) is 2.70. The maximum absolute atomic E-state index is 11.6. The zero-order chi connectivity index (χ0) is 13.1. The van der Waals surface area contributed by atoms with Gasteiger partial charge in [0.05, 0.1) is 12.1 Å². The van der Waals surface area contributed by atoms with Gasteiger partial charge in [0.2, 0.25) is 0 Å². The van der Waals surface area contributed by atoms with Crippen molar-refractivity contribution in [1.29, 1.82) is 0 Å². The third-order valence-electron chi connectivity index (χ3n) is 2.88. The minimum Gasteiger partial charge on any atom is -0.464 e. The lowest BCUT2D eigenvalue weighted by atomic mass is 10.1. The normalized spacial score (nSPS) is 10.8. The number of benzene rings is 1. The van der Waals surface area contributed by atoms with E-state index in [1.165, 1.54) is 5.56 Å². The van der Waals surface area contributed by atoms with Crippen LogP contribution < -0.4 is 0 Å². The van der Waals surface area contributed by atoms with Crippen LogP contribution in [0.5, 0.6) is 0 Å². The van der Waals surface area contributed by atoms with Gasteiger partial charge in [0, 0.05) is 0 Å². The quantitative estimate of drug-likeness (QED) is 0.775. The van der Waals surface area contributed by atoms with Gasteiger partial charge in [0.15, 0.2) is 0 Å². The zero-order valence-corrected chi connectivity index (χ0v) is 10.9. The molecule has 0 saturated carbocycles. The number of aromatic nitrogens is 3. The second-order valence-electron chi connectivity index (χ2n) is 4.39. The third-order valence-corrected chi connectivity index (χ3v) is 2.88. The van der Waals surface area contributed by atoms with E-state index in [0.29, 0.717) is 6.61 Å². The minimum atomic E-state index is -0.276. The van der Waals surface area contributed by atoms with E-state index in [9.17, 15) is 4.79 Å². The smallest absolute Gasteiger partial charge is 0.327 e. The standard InChI is InChI=1S/C13H17N3O2/c1-4-5-18-13(17)8-16-12-7-10(3)9(2)6-11(12)14-15-16/h6-7H,4-5,8H2,1-3H3. The summed E-state index contributed by atoms with van der Waals surface area (Å²) >= 11 is 0. The minimum absolute atomic E-state index is 0.110. The van der Waals surface area contributed by atoms with Gasteiger partial charge in [-0.1, -0.05) is 12.1 Å². The van der Waals surface area contributed by atoms with E-state index >= 15 is 0 Å². The van der Waals surface area contributed by atoms with Crippen molar-refractivity contribution in [2.45, 2.75) is 33.7 Å². The fraction of sp³-hybridized carbons (Fsp3) is 0.462. The summed E-state index contributed by atoms with van der Waals surface area (Å²) in [6.45, 7) is 6.58. The van der Waals surface area contributed by atoms with Crippen molar-refractivity contribution in [2.24, 2.45) is 0 Å². The van der Waals surface area contributed by atoms with Crippen molar-refractivity contribution in [3.63, 3.8) is 0 Å². The Balaban J connectivity index is 2.24. The lowest BCUT2D eigenvalue weighted by Gasteiger charge is -2.04. The van der Waals surface area contributed by atoms with Gasteiger partial charge in [0.25, 0.3) is 0 Å². The number of ether oxygens (including phenoxy) is 1. The second kappa shape index (κ2) is 5.16. The van der Waals surface area contributed by atoms with Gasteiger partial charge in [-0.2, -0.15) is 0 Å². The molecule has 96 valence electrons. The summed E-state index contributed by atoms with van der Waals surface area (Å²) in [7, 11) is 0. The molecule has 0 amide bonds. The Bertz CT molecular complexity index is 575. The van der Waals surface area contributed by atoms with Gasteiger partial charge in [-0.3, -0.25) is 4.79 Å². The SMILES string of the molecule is CCCOC(=O)Cn1nnc2cc(C)c(C)cc21. The Hall–Kier alpha value is -1.91. The Kier molecular flexibility index (Phi) is 3.60. The number of aryl methyl sites for hydroxylation is 2. The van der Waals surface area contributed by atoms with Crippen LogP contribution in [0, 0.1) is 13.8 Å². The van der Waals surface area contributed by atoms with Crippen LogP contribution in [-0.2, 0) is 16.1 Å². The molecule has 1 aromatic heterocycles. The predicted molar refractivity (Wildman–Crippen MR) is 68.3 cm³/mol. The third kappa shape index (κ3) is 2.50. The van der Waals surface area contributed by atoms with Crippen molar-refractivity contribution < 1.29 is 9.53 Å². The lowest BCUT2D eigenvalue weighted by molar-refractivity contribution is -0.144. The Morgan fingerprint density at radius 2 is 2.06 bits per heavy atom. The van der Waals surface area contributed by atoms with Gasteiger partial charge in [-0.25, -0.2) is 4.68 Å². The van der Waals surface area contributed by atoms with Crippen LogP contribution in [0.1, 0.15) is 24.5 Å². The molecule has 0 bridgehead atoms. The maximum atomic E-state index is 11.6. The van der Waals surface area contributed by atoms with Crippen LogP contribution in [0.2, 0.25) is 0 Å². The van der Waals surface area contributed by atoms with Gasteiger partial charge < -0.3 is 4.74 Å². The molecule has 0 atom stereocenters. The van der Waals surface area contributed by atoms with Crippen LogP contribution in [0.25, 0.3) is 11.0 Å². The Labute approximate surface area is 106 Å². The molecular formula is C13H17N3O2. The number of hydrogen-bond donors (Lipinski definition) is 0. The highest BCUT2D eigenvalue weighted by molar-refractivity contribution is 5.78.